The zero-order chi connectivity index (χ0) is 36.5. The van der Waals surface area contributed by atoms with Crippen LogP contribution in [0.15, 0.2) is 191 Å². The van der Waals surface area contributed by atoms with Crippen molar-refractivity contribution in [2.45, 2.75) is 0 Å². The van der Waals surface area contributed by atoms with Gasteiger partial charge in [0.15, 0.2) is 0 Å². The first-order valence-corrected chi connectivity index (χ1v) is 19.1. The third kappa shape index (κ3) is 3.97. The molecule has 4 heterocycles. The minimum absolute atomic E-state index is 0.833. The lowest BCUT2D eigenvalue weighted by Gasteiger charge is -2.11. The van der Waals surface area contributed by atoms with Crippen molar-refractivity contribution in [3.63, 3.8) is 0 Å². The van der Waals surface area contributed by atoms with Gasteiger partial charge >= 0.3 is 0 Å². The Kier molecular flexibility index (Phi) is 5.86. The van der Waals surface area contributed by atoms with Crippen LogP contribution >= 0.6 is 0 Å². The summed E-state index contributed by atoms with van der Waals surface area (Å²) >= 11 is 0. The standard InChI is InChI=1S/C52H30N2O2/c1-2-14-34-31(12-1)13-11-19-39(34)51-50-42-29-33(54-45-22-9-5-17-37(45)38-18-6-10-23-46(38)54)25-27-48(42)55-49(50)30-41-40-28-32(24-26-47(40)56-52(41)51)53-43-20-7-3-15-35(43)36-16-4-8-21-44(36)53/h1-30H. The van der Waals surface area contributed by atoms with Crippen molar-refractivity contribution in [1.82, 2.24) is 9.13 Å². The molecule has 260 valence electrons. The number of fused-ring (bicyclic) bond motifs is 13. The van der Waals surface area contributed by atoms with E-state index in [1.54, 1.807) is 0 Å². The highest BCUT2D eigenvalue weighted by Gasteiger charge is 2.24. The van der Waals surface area contributed by atoms with E-state index in [2.05, 4.69) is 191 Å². The fourth-order valence-corrected chi connectivity index (χ4v) is 9.52. The van der Waals surface area contributed by atoms with Gasteiger partial charge in [0.25, 0.3) is 0 Å². The molecule has 0 radical (unpaired) electrons. The van der Waals surface area contributed by atoms with Crippen molar-refractivity contribution in [3.05, 3.63) is 182 Å². The van der Waals surface area contributed by atoms with Crippen molar-refractivity contribution in [1.29, 1.82) is 0 Å². The summed E-state index contributed by atoms with van der Waals surface area (Å²) in [5.41, 5.74) is 12.4. The quantitative estimate of drug-likeness (QED) is 0.183. The zero-order valence-corrected chi connectivity index (χ0v) is 30.0. The van der Waals surface area contributed by atoms with Crippen LogP contribution in [0.25, 0.3) is 121 Å². The molecule has 0 saturated carbocycles. The van der Waals surface area contributed by atoms with Gasteiger partial charge in [0.2, 0.25) is 0 Å². The second-order valence-corrected chi connectivity index (χ2v) is 14.8. The first-order chi connectivity index (χ1) is 27.8. The number of aromatic nitrogens is 2. The lowest BCUT2D eigenvalue weighted by molar-refractivity contribution is 0.664. The molecule has 0 aliphatic carbocycles. The smallest absolute Gasteiger partial charge is 0.144 e. The molecule has 4 heteroatoms. The topological polar surface area (TPSA) is 36.1 Å². The molecule has 4 aromatic heterocycles. The summed E-state index contributed by atoms with van der Waals surface area (Å²) in [6.45, 7) is 0. The molecule has 13 rings (SSSR count). The van der Waals surface area contributed by atoms with Gasteiger partial charge < -0.3 is 18.0 Å². The molecule has 0 aliphatic heterocycles. The van der Waals surface area contributed by atoms with Crippen LogP contribution < -0.4 is 0 Å². The lowest BCUT2D eigenvalue weighted by atomic mass is 9.92. The second kappa shape index (κ2) is 11.0. The van der Waals surface area contributed by atoms with Gasteiger partial charge in [0, 0.05) is 60.0 Å². The maximum atomic E-state index is 7.02. The van der Waals surface area contributed by atoms with E-state index >= 15 is 0 Å². The van der Waals surface area contributed by atoms with Gasteiger partial charge in [-0.3, -0.25) is 0 Å². The largest absolute Gasteiger partial charge is 0.456 e. The molecule has 0 atom stereocenters. The first kappa shape index (κ1) is 29.8. The highest BCUT2D eigenvalue weighted by atomic mass is 16.3. The van der Waals surface area contributed by atoms with E-state index < -0.39 is 0 Å². The molecule has 0 amide bonds. The van der Waals surface area contributed by atoms with Crippen LogP contribution in [0, 0.1) is 0 Å². The van der Waals surface area contributed by atoms with Crippen molar-refractivity contribution in [2.75, 3.05) is 0 Å². The van der Waals surface area contributed by atoms with Crippen LogP contribution in [0.3, 0.4) is 0 Å². The van der Waals surface area contributed by atoms with Gasteiger partial charge in [-0.05, 0) is 83.1 Å². The van der Waals surface area contributed by atoms with Gasteiger partial charge in [-0.1, -0.05) is 115 Å². The van der Waals surface area contributed by atoms with Gasteiger partial charge in [-0.2, -0.15) is 0 Å². The van der Waals surface area contributed by atoms with E-state index in [4.69, 9.17) is 8.83 Å². The van der Waals surface area contributed by atoms with E-state index in [-0.39, 0.29) is 0 Å². The predicted octanol–water partition coefficient (Wildman–Crippen LogP) is 14.5. The monoisotopic (exact) mass is 714 g/mol. The molecule has 0 saturated heterocycles. The molecular formula is C52H30N2O2. The molecule has 0 unspecified atom stereocenters. The predicted molar refractivity (Wildman–Crippen MR) is 233 cm³/mol. The molecule has 9 aromatic carbocycles. The van der Waals surface area contributed by atoms with Crippen LogP contribution in [0.2, 0.25) is 0 Å². The Morgan fingerprint density at radius 3 is 1.39 bits per heavy atom. The second-order valence-electron chi connectivity index (χ2n) is 14.8. The number of hydrogen-bond donors (Lipinski definition) is 0. The summed E-state index contributed by atoms with van der Waals surface area (Å²) in [5, 5.41) is 11.5. The van der Waals surface area contributed by atoms with Crippen LogP contribution in [0.4, 0.5) is 0 Å². The van der Waals surface area contributed by atoms with Gasteiger partial charge in [0.1, 0.15) is 22.3 Å². The molecule has 56 heavy (non-hydrogen) atoms. The molecule has 0 bridgehead atoms. The summed E-state index contributed by atoms with van der Waals surface area (Å²) in [6, 6.07) is 65.2. The van der Waals surface area contributed by atoms with Crippen molar-refractivity contribution >= 4 is 98.3 Å². The minimum Gasteiger partial charge on any atom is -0.456 e. The number of nitrogens with zero attached hydrogens (tertiary/aromatic N) is 2. The molecule has 0 fully saturated rings. The molecule has 4 nitrogen and oxygen atoms in total. The number of benzene rings is 9. The third-order valence-corrected chi connectivity index (χ3v) is 11.9. The third-order valence-electron chi connectivity index (χ3n) is 11.9. The molecule has 13 aromatic rings. The summed E-state index contributed by atoms with van der Waals surface area (Å²) < 4.78 is 18.6. The maximum Gasteiger partial charge on any atom is 0.144 e. The first-order valence-electron chi connectivity index (χ1n) is 19.1. The van der Waals surface area contributed by atoms with Gasteiger partial charge in [0.05, 0.1) is 22.1 Å². The zero-order valence-electron chi connectivity index (χ0n) is 30.0. The van der Waals surface area contributed by atoms with E-state index in [1.807, 2.05) is 0 Å². The Balaban J connectivity index is 1.14. The minimum atomic E-state index is 0.833. The molecular weight excluding hydrogens is 685 g/mol. The summed E-state index contributed by atoms with van der Waals surface area (Å²) in [6.07, 6.45) is 0. The summed E-state index contributed by atoms with van der Waals surface area (Å²) in [7, 11) is 0. The summed E-state index contributed by atoms with van der Waals surface area (Å²) in [4.78, 5) is 0. The molecule has 0 aliphatic rings. The number of rotatable bonds is 3. The average Bonchev–Trinajstić information content (AvgIpc) is 4.00. The van der Waals surface area contributed by atoms with Crippen molar-refractivity contribution in [3.8, 4) is 22.5 Å². The van der Waals surface area contributed by atoms with E-state index in [1.165, 1.54) is 54.4 Å². The van der Waals surface area contributed by atoms with E-state index in [0.29, 0.717) is 0 Å². The Morgan fingerprint density at radius 1 is 0.321 bits per heavy atom. The number of hydrogen-bond acceptors (Lipinski definition) is 2. The van der Waals surface area contributed by atoms with Crippen molar-refractivity contribution < 1.29 is 8.83 Å². The fourth-order valence-electron chi connectivity index (χ4n) is 9.52. The Labute approximate surface area is 319 Å². The lowest BCUT2D eigenvalue weighted by Crippen LogP contribution is -1.93. The Morgan fingerprint density at radius 2 is 0.804 bits per heavy atom. The van der Waals surface area contributed by atoms with Crippen LogP contribution in [0.5, 0.6) is 0 Å². The highest BCUT2D eigenvalue weighted by Crippen LogP contribution is 2.47. The Bertz CT molecular complexity index is 3660. The highest BCUT2D eigenvalue weighted by molar-refractivity contribution is 6.26. The fraction of sp³-hybridized carbons (Fsp3) is 0. The normalized spacial score (nSPS) is 12.3. The Hall–Kier alpha value is -7.56. The SMILES string of the molecule is c1ccc2c(-c3c4oc5ccc(-n6c7ccccc7c7ccccc76)cc5c4cc4oc5ccc(-n6c7ccccc7c7ccccc76)cc5c34)cccc2c1. The van der Waals surface area contributed by atoms with Gasteiger partial charge in [-0.25, -0.2) is 0 Å². The van der Waals surface area contributed by atoms with Crippen LogP contribution in [-0.4, -0.2) is 9.13 Å². The van der Waals surface area contributed by atoms with Crippen molar-refractivity contribution in [2.24, 2.45) is 0 Å². The van der Waals surface area contributed by atoms with Crippen LogP contribution in [-0.2, 0) is 0 Å². The molecule has 0 spiro atoms. The van der Waals surface area contributed by atoms with E-state index in [0.717, 1.165) is 66.4 Å². The summed E-state index contributed by atoms with van der Waals surface area (Å²) in [5.74, 6) is 0. The number of para-hydroxylation sites is 4. The van der Waals surface area contributed by atoms with Crippen LogP contribution in [0.1, 0.15) is 0 Å². The average molecular weight is 715 g/mol. The number of furan rings is 2. The molecule has 0 N–H and O–H groups in total. The van der Waals surface area contributed by atoms with E-state index in [9.17, 15) is 0 Å². The van der Waals surface area contributed by atoms with Gasteiger partial charge in [-0.15, -0.1) is 0 Å². The maximum absolute atomic E-state index is 7.02.